The van der Waals surface area contributed by atoms with E-state index in [4.69, 9.17) is 15.1 Å². The molecule has 1 heterocycles. The molecule has 2 rings (SSSR count). The molecule has 0 spiro atoms. The molecule has 0 unspecified atom stereocenters. The van der Waals surface area contributed by atoms with Crippen molar-refractivity contribution in [3.05, 3.63) is 58.9 Å². The fraction of sp³-hybridized carbons (Fsp3) is 0.133. The quantitative estimate of drug-likeness (QED) is 0.921. The number of nitrogens with zero attached hydrogens (tertiary/aromatic N) is 2. The van der Waals surface area contributed by atoms with Gasteiger partial charge in [-0.25, -0.2) is 4.79 Å². The van der Waals surface area contributed by atoms with Gasteiger partial charge in [-0.2, -0.15) is 5.26 Å². The lowest BCUT2D eigenvalue weighted by Crippen LogP contribution is -2.02. The van der Waals surface area contributed by atoms with Gasteiger partial charge in [-0.15, -0.1) is 0 Å². The lowest BCUT2D eigenvalue weighted by Gasteiger charge is -2.09. The lowest BCUT2D eigenvalue weighted by molar-refractivity contribution is 0.0696. The molecule has 0 saturated heterocycles. The Kier molecular flexibility index (Phi) is 3.96. The largest absolute Gasteiger partial charge is 0.487 e. The fourth-order valence-electron chi connectivity index (χ4n) is 1.61. The number of rotatable bonds is 4. The minimum absolute atomic E-state index is 0.136. The van der Waals surface area contributed by atoms with Crippen molar-refractivity contribution in [2.75, 3.05) is 0 Å². The van der Waals surface area contributed by atoms with E-state index < -0.39 is 5.97 Å². The molecule has 20 heavy (non-hydrogen) atoms. The predicted molar refractivity (Wildman–Crippen MR) is 71.4 cm³/mol. The Balaban J connectivity index is 2.09. The van der Waals surface area contributed by atoms with Crippen molar-refractivity contribution in [2.24, 2.45) is 0 Å². The highest BCUT2D eigenvalue weighted by atomic mass is 16.5. The highest BCUT2D eigenvalue weighted by Gasteiger charge is 2.05. The molecule has 0 saturated carbocycles. The summed E-state index contributed by atoms with van der Waals surface area (Å²) < 4.78 is 5.60. The third kappa shape index (κ3) is 3.12. The summed E-state index contributed by atoms with van der Waals surface area (Å²) >= 11 is 0. The molecule has 0 fully saturated rings. The van der Waals surface area contributed by atoms with Crippen molar-refractivity contribution < 1.29 is 14.6 Å². The maximum absolute atomic E-state index is 10.7. The number of hydrogen-bond donors (Lipinski definition) is 1. The molecular formula is C15H12N2O3. The number of aryl methyl sites for hydroxylation is 1. The van der Waals surface area contributed by atoms with E-state index in [1.165, 1.54) is 12.3 Å². The van der Waals surface area contributed by atoms with Crippen LogP contribution in [0.4, 0.5) is 0 Å². The first-order valence-corrected chi connectivity index (χ1v) is 5.92. The first-order chi connectivity index (χ1) is 9.60. The van der Waals surface area contributed by atoms with Crippen molar-refractivity contribution in [3.8, 4) is 11.8 Å². The molecule has 0 aliphatic carbocycles. The van der Waals surface area contributed by atoms with Crippen LogP contribution < -0.4 is 4.74 Å². The average Bonchev–Trinajstić information content (AvgIpc) is 2.47. The zero-order chi connectivity index (χ0) is 14.5. The van der Waals surface area contributed by atoms with E-state index in [-0.39, 0.29) is 12.2 Å². The third-order valence-electron chi connectivity index (χ3n) is 2.76. The number of carboxylic acids is 1. The van der Waals surface area contributed by atoms with Gasteiger partial charge < -0.3 is 9.84 Å². The SMILES string of the molecule is Cc1ccc(C#N)cc1OCc1ccc(C(=O)O)cn1. The Morgan fingerprint density at radius 1 is 1.40 bits per heavy atom. The van der Waals surface area contributed by atoms with Crippen LogP contribution in [0.3, 0.4) is 0 Å². The van der Waals surface area contributed by atoms with Gasteiger partial charge in [-0.3, -0.25) is 4.98 Å². The van der Waals surface area contributed by atoms with Gasteiger partial charge in [0.2, 0.25) is 0 Å². The van der Waals surface area contributed by atoms with Crippen LogP contribution in [0, 0.1) is 18.3 Å². The number of pyridine rings is 1. The van der Waals surface area contributed by atoms with Crippen molar-refractivity contribution in [3.63, 3.8) is 0 Å². The van der Waals surface area contributed by atoms with Crippen molar-refractivity contribution in [1.82, 2.24) is 4.98 Å². The van der Waals surface area contributed by atoms with Gasteiger partial charge in [-0.1, -0.05) is 6.07 Å². The van der Waals surface area contributed by atoms with Crippen molar-refractivity contribution in [2.45, 2.75) is 13.5 Å². The summed E-state index contributed by atoms with van der Waals surface area (Å²) in [5.41, 5.74) is 2.21. The zero-order valence-corrected chi connectivity index (χ0v) is 10.8. The second-order valence-corrected chi connectivity index (χ2v) is 4.22. The highest BCUT2D eigenvalue weighted by molar-refractivity contribution is 5.87. The van der Waals surface area contributed by atoms with Gasteiger partial charge in [0.1, 0.15) is 12.4 Å². The topological polar surface area (TPSA) is 83.2 Å². The molecule has 1 N–H and O–H groups in total. The summed E-state index contributed by atoms with van der Waals surface area (Å²) in [5, 5.41) is 17.6. The normalized spacial score (nSPS) is 9.80. The number of carboxylic acid groups (broad SMARTS) is 1. The summed E-state index contributed by atoms with van der Waals surface area (Å²) in [5.74, 6) is -0.393. The average molecular weight is 268 g/mol. The molecule has 0 bridgehead atoms. The Morgan fingerprint density at radius 3 is 2.80 bits per heavy atom. The van der Waals surface area contributed by atoms with Gasteiger partial charge in [-0.05, 0) is 36.8 Å². The maximum Gasteiger partial charge on any atom is 0.337 e. The molecule has 0 aliphatic heterocycles. The number of hydrogen-bond acceptors (Lipinski definition) is 4. The van der Waals surface area contributed by atoms with Crippen LogP contribution in [0.25, 0.3) is 0 Å². The number of ether oxygens (including phenoxy) is 1. The fourth-order valence-corrected chi connectivity index (χ4v) is 1.61. The molecule has 5 nitrogen and oxygen atoms in total. The Bertz CT molecular complexity index is 673. The van der Waals surface area contributed by atoms with Gasteiger partial charge in [0.15, 0.2) is 0 Å². The summed E-state index contributed by atoms with van der Waals surface area (Å²) in [7, 11) is 0. The van der Waals surface area contributed by atoms with E-state index in [1.807, 2.05) is 13.0 Å². The number of benzene rings is 1. The maximum atomic E-state index is 10.7. The smallest absolute Gasteiger partial charge is 0.337 e. The summed E-state index contributed by atoms with van der Waals surface area (Å²) in [4.78, 5) is 14.7. The zero-order valence-electron chi connectivity index (χ0n) is 10.8. The van der Waals surface area contributed by atoms with Crippen LogP contribution in [0.2, 0.25) is 0 Å². The molecule has 0 radical (unpaired) electrons. The second-order valence-electron chi connectivity index (χ2n) is 4.22. The standard InChI is InChI=1S/C15H12N2O3/c1-10-2-3-11(7-16)6-14(10)20-9-13-5-4-12(8-17-13)15(18)19/h2-6,8H,9H2,1H3,(H,18,19). The second kappa shape index (κ2) is 5.85. The summed E-state index contributed by atoms with van der Waals surface area (Å²) in [6.07, 6.45) is 1.29. The molecule has 0 atom stereocenters. The first-order valence-electron chi connectivity index (χ1n) is 5.92. The summed E-state index contributed by atoms with van der Waals surface area (Å²) in [6.45, 7) is 2.10. The molecule has 1 aromatic heterocycles. The van der Waals surface area contributed by atoms with Gasteiger partial charge in [0, 0.05) is 6.20 Å². The van der Waals surface area contributed by atoms with E-state index >= 15 is 0 Å². The van der Waals surface area contributed by atoms with Gasteiger partial charge >= 0.3 is 5.97 Å². The van der Waals surface area contributed by atoms with Crippen LogP contribution in [0.15, 0.2) is 36.5 Å². The summed E-state index contributed by atoms with van der Waals surface area (Å²) in [6, 6.07) is 10.3. The number of aromatic nitrogens is 1. The molecule has 2 aromatic rings. The van der Waals surface area contributed by atoms with Crippen LogP contribution in [0.1, 0.15) is 27.2 Å². The predicted octanol–water partition coefficient (Wildman–Crippen LogP) is 2.54. The number of carbonyl (C=O) groups is 1. The number of nitriles is 1. The molecular weight excluding hydrogens is 256 g/mol. The van der Waals surface area contributed by atoms with Crippen LogP contribution >= 0.6 is 0 Å². The highest BCUT2D eigenvalue weighted by Crippen LogP contribution is 2.20. The number of aromatic carboxylic acids is 1. The van der Waals surface area contributed by atoms with Crippen LogP contribution in [0.5, 0.6) is 5.75 Å². The minimum Gasteiger partial charge on any atom is -0.487 e. The molecule has 5 heteroatoms. The van der Waals surface area contributed by atoms with Crippen molar-refractivity contribution in [1.29, 1.82) is 5.26 Å². The van der Waals surface area contributed by atoms with E-state index in [1.54, 1.807) is 18.2 Å². The molecule has 1 aromatic carbocycles. The molecule has 0 amide bonds. The van der Waals surface area contributed by atoms with Crippen molar-refractivity contribution >= 4 is 5.97 Å². The third-order valence-corrected chi connectivity index (χ3v) is 2.76. The van der Waals surface area contributed by atoms with E-state index in [9.17, 15) is 4.79 Å². The molecule has 0 aliphatic rings. The van der Waals surface area contributed by atoms with Gasteiger partial charge in [0.05, 0.1) is 22.9 Å². The Labute approximate surface area is 116 Å². The van der Waals surface area contributed by atoms with Crippen LogP contribution in [-0.2, 0) is 6.61 Å². The Morgan fingerprint density at radius 2 is 2.20 bits per heavy atom. The lowest BCUT2D eigenvalue weighted by atomic mass is 10.1. The minimum atomic E-state index is -1.01. The molecule has 100 valence electrons. The van der Waals surface area contributed by atoms with E-state index in [0.29, 0.717) is 17.0 Å². The van der Waals surface area contributed by atoms with Crippen LogP contribution in [-0.4, -0.2) is 16.1 Å². The van der Waals surface area contributed by atoms with Gasteiger partial charge in [0.25, 0.3) is 0 Å². The van der Waals surface area contributed by atoms with E-state index in [2.05, 4.69) is 11.1 Å². The van der Waals surface area contributed by atoms with E-state index in [0.717, 1.165) is 5.56 Å². The Hall–Kier alpha value is -2.87. The monoisotopic (exact) mass is 268 g/mol. The first kappa shape index (κ1) is 13.6.